The Morgan fingerprint density at radius 1 is 1.18 bits per heavy atom. The van der Waals surface area contributed by atoms with Crippen molar-refractivity contribution in [2.75, 3.05) is 0 Å². The molecule has 0 aliphatic heterocycles. The summed E-state index contributed by atoms with van der Waals surface area (Å²) in [5.41, 5.74) is 5.46. The van der Waals surface area contributed by atoms with Gasteiger partial charge >= 0.3 is 0 Å². The summed E-state index contributed by atoms with van der Waals surface area (Å²) in [6.45, 7) is 10.4. The molecule has 120 valence electrons. The van der Waals surface area contributed by atoms with E-state index in [1.54, 1.807) is 12.5 Å². The van der Waals surface area contributed by atoms with E-state index in [2.05, 4.69) is 31.8 Å². The fourth-order valence-electron chi connectivity index (χ4n) is 2.90. The molecule has 0 spiro atoms. The molecule has 1 aromatic heterocycles. The lowest BCUT2D eigenvalue weighted by Gasteiger charge is -2.21. The smallest absolute Gasteiger partial charge is 0.186 e. The van der Waals surface area contributed by atoms with E-state index in [9.17, 15) is 4.79 Å². The maximum atomic E-state index is 13.1. The molecular formula is C18H25ClN2O. The van der Waals surface area contributed by atoms with Gasteiger partial charge in [-0.15, -0.1) is 12.4 Å². The molecule has 2 rings (SSSR count). The van der Waals surface area contributed by atoms with Crippen LogP contribution in [0.4, 0.5) is 0 Å². The van der Waals surface area contributed by atoms with Crippen LogP contribution in [0.5, 0.6) is 0 Å². The highest BCUT2D eigenvalue weighted by atomic mass is 35.5. The molecule has 0 amide bonds. The lowest BCUT2D eigenvalue weighted by molar-refractivity contribution is 0.0917. The second-order valence-corrected chi connectivity index (χ2v) is 5.81. The second-order valence-electron chi connectivity index (χ2n) is 5.81. The molecule has 0 saturated heterocycles. The van der Waals surface area contributed by atoms with Gasteiger partial charge in [-0.1, -0.05) is 19.4 Å². The summed E-state index contributed by atoms with van der Waals surface area (Å²) < 4.78 is 1.93. The molecule has 0 bridgehead atoms. The number of carbonyl (C=O) groups is 1. The third-order valence-electron chi connectivity index (χ3n) is 4.36. The molecule has 0 aliphatic rings. The monoisotopic (exact) mass is 320 g/mol. The van der Waals surface area contributed by atoms with E-state index >= 15 is 0 Å². The number of Topliss-reactive ketones (excluding diaryl/α,β-unsaturated/α-hetero) is 1. The van der Waals surface area contributed by atoms with E-state index in [0.717, 1.165) is 29.5 Å². The number of rotatable bonds is 5. The van der Waals surface area contributed by atoms with Gasteiger partial charge in [-0.3, -0.25) is 4.79 Å². The van der Waals surface area contributed by atoms with Crippen molar-refractivity contribution in [3.8, 4) is 0 Å². The third kappa shape index (κ3) is 3.41. The zero-order chi connectivity index (χ0) is 15.6. The fraction of sp³-hybridized carbons (Fsp3) is 0.444. The van der Waals surface area contributed by atoms with Gasteiger partial charge < -0.3 is 4.57 Å². The van der Waals surface area contributed by atoms with Gasteiger partial charge in [0, 0.05) is 18.0 Å². The van der Waals surface area contributed by atoms with Gasteiger partial charge in [-0.25, -0.2) is 4.98 Å². The summed E-state index contributed by atoms with van der Waals surface area (Å²) in [5.74, 6) is 0.205. The van der Waals surface area contributed by atoms with Crippen molar-refractivity contribution >= 4 is 18.2 Å². The highest BCUT2D eigenvalue weighted by Gasteiger charge is 2.24. The minimum atomic E-state index is -0.156. The first-order valence-electron chi connectivity index (χ1n) is 7.56. The van der Waals surface area contributed by atoms with E-state index in [4.69, 9.17) is 0 Å². The van der Waals surface area contributed by atoms with Crippen LogP contribution in [0.15, 0.2) is 24.8 Å². The number of aromatic nitrogens is 2. The highest BCUT2D eigenvalue weighted by Crippen LogP contribution is 2.27. The average molecular weight is 321 g/mol. The molecule has 0 fully saturated rings. The minimum absolute atomic E-state index is 0. The summed E-state index contributed by atoms with van der Waals surface area (Å²) in [7, 11) is 0. The number of halogens is 1. The van der Waals surface area contributed by atoms with Gasteiger partial charge in [0.1, 0.15) is 0 Å². The van der Waals surface area contributed by atoms with Crippen LogP contribution in [-0.4, -0.2) is 15.3 Å². The predicted molar refractivity (Wildman–Crippen MR) is 93.1 cm³/mol. The summed E-state index contributed by atoms with van der Waals surface area (Å²) >= 11 is 0. The van der Waals surface area contributed by atoms with E-state index < -0.39 is 0 Å². The molecule has 1 aromatic carbocycles. The summed E-state index contributed by atoms with van der Waals surface area (Å²) in [4.78, 5) is 17.2. The molecule has 1 unspecified atom stereocenters. The Labute approximate surface area is 139 Å². The largest absolute Gasteiger partial charge is 0.327 e. The SMILES string of the molecule is CCCC(C(=O)c1c(C)c(C)cc(C)c1C)n1ccnc1.Cl. The first kappa shape index (κ1) is 18.4. The molecule has 0 saturated carbocycles. The Kier molecular flexibility index (Phi) is 6.36. The van der Waals surface area contributed by atoms with Gasteiger partial charge in [0.2, 0.25) is 0 Å². The van der Waals surface area contributed by atoms with E-state index in [1.165, 1.54) is 11.1 Å². The Hall–Kier alpha value is -1.61. The number of carbonyl (C=O) groups excluding carboxylic acids is 1. The van der Waals surface area contributed by atoms with Crippen molar-refractivity contribution < 1.29 is 4.79 Å². The van der Waals surface area contributed by atoms with Gasteiger partial charge in [0.05, 0.1) is 12.4 Å². The number of ketones is 1. The van der Waals surface area contributed by atoms with Crippen LogP contribution in [-0.2, 0) is 0 Å². The first-order chi connectivity index (χ1) is 9.97. The lowest BCUT2D eigenvalue weighted by atomic mass is 9.88. The van der Waals surface area contributed by atoms with Crippen molar-refractivity contribution in [2.45, 2.75) is 53.5 Å². The molecule has 22 heavy (non-hydrogen) atoms. The van der Waals surface area contributed by atoms with Gasteiger partial charge in [-0.05, 0) is 56.4 Å². The number of aryl methyl sites for hydroxylation is 2. The standard InChI is InChI=1S/C18H24N2O.ClH/c1-6-7-16(20-9-8-19-11-20)18(21)17-14(4)12(2)10-13(3)15(17)5;/h8-11,16H,6-7H2,1-5H3;1H. The van der Waals surface area contributed by atoms with Gasteiger partial charge in [0.25, 0.3) is 0 Å². The Balaban J connectivity index is 0.00000242. The fourth-order valence-corrected chi connectivity index (χ4v) is 2.90. The van der Waals surface area contributed by atoms with Crippen LogP contribution in [0.1, 0.15) is 58.4 Å². The van der Waals surface area contributed by atoms with Crippen molar-refractivity contribution in [2.24, 2.45) is 0 Å². The predicted octanol–water partition coefficient (Wildman–Crippen LogP) is 4.76. The third-order valence-corrected chi connectivity index (χ3v) is 4.36. The van der Waals surface area contributed by atoms with Crippen LogP contribution in [0.2, 0.25) is 0 Å². The zero-order valence-corrected chi connectivity index (χ0v) is 14.8. The Bertz CT molecular complexity index is 621. The van der Waals surface area contributed by atoms with Crippen LogP contribution in [0.25, 0.3) is 0 Å². The van der Waals surface area contributed by atoms with E-state index in [-0.39, 0.29) is 24.2 Å². The maximum absolute atomic E-state index is 13.1. The normalized spacial score (nSPS) is 11.9. The first-order valence-corrected chi connectivity index (χ1v) is 7.56. The zero-order valence-electron chi connectivity index (χ0n) is 14.0. The summed E-state index contributed by atoms with van der Waals surface area (Å²) in [5, 5.41) is 0. The van der Waals surface area contributed by atoms with Crippen LogP contribution in [0.3, 0.4) is 0 Å². The second kappa shape index (κ2) is 7.59. The number of hydrogen-bond donors (Lipinski definition) is 0. The molecule has 4 heteroatoms. The van der Waals surface area contributed by atoms with Gasteiger partial charge in [0.15, 0.2) is 5.78 Å². The lowest BCUT2D eigenvalue weighted by Crippen LogP contribution is -2.21. The van der Waals surface area contributed by atoms with Crippen LogP contribution in [0, 0.1) is 27.7 Å². The van der Waals surface area contributed by atoms with Crippen LogP contribution >= 0.6 is 12.4 Å². The number of imidazole rings is 1. The molecule has 1 heterocycles. The maximum Gasteiger partial charge on any atom is 0.186 e. The Morgan fingerprint density at radius 3 is 2.23 bits per heavy atom. The summed E-state index contributed by atoms with van der Waals surface area (Å²) in [6, 6.07) is 2.00. The molecule has 1 atom stereocenters. The number of hydrogen-bond acceptors (Lipinski definition) is 2. The van der Waals surface area contributed by atoms with E-state index in [0.29, 0.717) is 0 Å². The van der Waals surface area contributed by atoms with Crippen LogP contribution < -0.4 is 0 Å². The molecule has 3 nitrogen and oxygen atoms in total. The topological polar surface area (TPSA) is 34.9 Å². The molecule has 0 aliphatic carbocycles. The minimum Gasteiger partial charge on any atom is -0.327 e. The molecule has 2 aromatic rings. The Morgan fingerprint density at radius 2 is 1.77 bits per heavy atom. The number of nitrogens with zero attached hydrogens (tertiary/aromatic N) is 2. The van der Waals surface area contributed by atoms with Gasteiger partial charge in [-0.2, -0.15) is 0 Å². The van der Waals surface area contributed by atoms with Crippen molar-refractivity contribution in [3.63, 3.8) is 0 Å². The molecule has 0 N–H and O–H groups in total. The highest BCUT2D eigenvalue weighted by molar-refractivity contribution is 6.02. The van der Waals surface area contributed by atoms with Crippen molar-refractivity contribution in [3.05, 3.63) is 52.6 Å². The van der Waals surface area contributed by atoms with E-state index in [1.807, 2.05) is 24.6 Å². The summed E-state index contributed by atoms with van der Waals surface area (Å²) in [6.07, 6.45) is 7.16. The quantitative estimate of drug-likeness (QED) is 0.744. The van der Waals surface area contributed by atoms with Crippen molar-refractivity contribution in [1.29, 1.82) is 0 Å². The molecule has 0 radical (unpaired) electrons. The number of benzene rings is 1. The average Bonchev–Trinajstić information content (AvgIpc) is 2.96. The molecular weight excluding hydrogens is 296 g/mol. The van der Waals surface area contributed by atoms with Crippen molar-refractivity contribution in [1.82, 2.24) is 9.55 Å².